The summed E-state index contributed by atoms with van der Waals surface area (Å²) in [5, 5.41) is 0. The van der Waals surface area contributed by atoms with Crippen LogP contribution in [-0.4, -0.2) is 16.7 Å². The van der Waals surface area contributed by atoms with Gasteiger partial charge in [0.2, 0.25) is 0 Å². The number of fused-ring (bicyclic) bond motifs is 1. The lowest BCUT2D eigenvalue weighted by Gasteiger charge is -2.27. The van der Waals surface area contributed by atoms with E-state index in [-0.39, 0.29) is 0 Å². The van der Waals surface area contributed by atoms with Gasteiger partial charge in [-0.25, -0.2) is 4.98 Å². The number of methoxy groups -OCH3 is 1. The summed E-state index contributed by atoms with van der Waals surface area (Å²) in [5.74, 6) is 1.17. The first-order valence-corrected chi connectivity index (χ1v) is 6.63. The summed E-state index contributed by atoms with van der Waals surface area (Å²) in [6.07, 6.45) is 7.15. The predicted molar refractivity (Wildman–Crippen MR) is 75.4 cm³/mol. The Morgan fingerprint density at radius 2 is 2.26 bits per heavy atom. The Labute approximate surface area is 113 Å². The molecule has 0 spiro atoms. The van der Waals surface area contributed by atoms with Gasteiger partial charge < -0.3 is 15.0 Å². The summed E-state index contributed by atoms with van der Waals surface area (Å²) < 4.78 is 7.42. The third kappa shape index (κ3) is 1.87. The number of nitrogens with zero attached hydrogens (tertiary/aromatic N) is 2. The van der Waals surface area contributed by atoms with E-state index in [1.54, 1.807) is 7.11 Å². The zero-order valence-electron chi connectivity index (χ0n) is 11.4. The van der Waals surface area contributed by atoms with Crippen LogP contribution in [0.15, 0.2) is 24.7 Å². The molecule has 0 radical (unpaired) electrons. The van der Waals surface area contributed by atoms with Crippen molar-refractivity contribution in [1.29, 1.82) is 0 Å². The van der Waals surface area contributed by atoms with Crippen molar-refractivity contribution in [2.75, 3.05) is 12.8 Å². The third-order valence-corrected chi connectivity index (χ3v) is 4.08. The lowest BCUT2D eigenvalue weighted by atomic mass is 9.80. The van der Waals surface area contributed by atoms with Gasteiger partial charge >= 0.3 is 0 Å². The van der Waals surface area contributed by atoms with Crippen LogP contribution >= 0.6 is 0 Å². The van der Waals surface area contributed by atoms with Gasteiger partial charge in [-0.3, -0.25) is 0 Å². The van der Waals surface area contributed by atoms with E-state index in [1.165, 1.54) is 16.8 Å². The first-order valence-electron chi connectivity index (χ1n) is 6.63. The molecule has 3 rings (SSSR count). The third-order valence-electron chi connectivity index (χ3n) is 4.08. The Balaban J connectivity index is 2.11. The van der Waals surface area contributed by atoms with Crippen molar-refractivity contribution >= 4 is 5.69 Å². The number of nitrogen functional groups attached to an aromatic ring is 1. The molecule has 4 nitrogen and oxygen atoms in total. The van der Waals surface area contributed by atoms with Crippen molar-refractivity contribution in [3.8, 4) is 5.75 Å². The average molecular weight is 257 g/mol. The molecule has 0 aliphatic heterocycles. The SMILES string of the molecule is COc1ccc2c(c1N)CCCC2c1cncn1C. The minimum atomic E-state index is 0.393. The van der Waals surface area contributed by atoms with Crippen molar-refractivity contribution in [2.24, 2.45) is 7.05 Å². The quantitative estimate of drug-likeness (QED) is 0.841. The molecule has 1 atom stereocenters. The maximum Gasteiger partial charge on any atom is 0.142 e. The molecule has 1 aromatic heterocycles. The molecule has 1 heterocycles. The predicted octanol–water partition coefficient (Wildman–Crippen LogP) is 2.48. The van der Waals surface area contributed by atoms with Crippen LogP contribution in [0.1, 0.15) is 35.6 Å². The number of hydrogen-bond acceptors (Lipinski definition) is 3. The molecular weight excluding hydrogens is 238 g/mol. The van der Waals surface area contributed by atoms with E-state index < -0.39 is 0 Å². The fraction of sp³-hybridized carbons (Fsp3) is 0.400. The molecule has 19 heavy (non-hydrogen) atoms. The monoisotopic (exact) mass is 257 g/mol. The van der Waals surface area contributed by atoms with Gasteiger partial charge in [-0.15, -0.1) is 0 Å². The maximum atomic E-state index is 6.22. The molecule has 2 N–H and O–H groups in total. The summed E-state index contributed by atoms with van der Waals surface area (Å²) in [5.41, 5.74) is 10.8. The van der Waals surface area contributed by atoms with Gasteiger partial charge in [0.15, 0.2) is 0 Å². The van der Waals surface area contributed by atoms with Crippen molar-refractivity contribution in [1.82, 2.24) is 9.55 Å². The molecule has 2 aromatic rings. The van der Waals surface area contributed by atoms with Crippen LogP contribution < -0.4 is 10.5 Å². The molecule has 0 saturated carbocycles. The van der Waals surface area contributed by atoms with E-state index in [9.17, 15) is 0 Å². The highest BCUT2D eigenvalue weighted by molar-refractivity contribution is 5.63. The number of hydrogen-bond donors (Lipinski definition) is 1. The zero-order valence-corrected chi connectivity index (χ0v) is 11.4. The number of benzene rings is 1. The number of aromatic nitrogens is 2. The molecule has 0 saturated heterocycles. The number of ether oxygens (including phenoxy) is 1. The molecule has 0 fully saturated rings. The summed E-state index contributed by atoms with van der Waals surface area (Å²) >= 11 is 0. The van der Waals surface area contributed by atoms with Crippen LogP contribution in [0.3, 0.4) is 0 Å². The van der Waals surface area contributed by atoms with Crippen LogP contribution in [0.5, 0.6) is 5.75 Å². The first kappa shape index (κ1) is 12.1. The van der Waals surface area contributed by atoms with Crippen LogP contribution in [0, 0.1) is 0 Å². The Morgan fingerprint density at radius 1 is 1.42 bits per heavy atom. The average Bonchev–Trinajstić information content (AvgIpc) is 2.85. The Hall–Kier alpha value is -1.97. The normalized spacial score (nSPS) is 18.1. The van der Waals surface area contributed by atoms with Crippen molar-refractivity contribution in [2.45, 2.75) is 25.2 Å². The largest absolute Gasteiger partial charge is 0.495 e. The molecule has 1 aromatic carbocycles. The van der Waals surface area contributed by atoms with Gasteiger partial charge in [0.05, 0.1) is 19.1 Å². The highest BCUT2D eigenvalue weighted by atomic mass is 16.5. The van der Waals surface area contributed by atoms with E-state index >= 15 is 0 Å². The lowest BCUT2D eigenvalue weighted by molar-refractivity contribution is 0.415. The van der Waals surface area contributed by atoms with Crippen molar-refractivity contribution < 1.29 is 4.74 Å². The molecule has 100 valence electrons. The molecule has 4 heteroatoms. The summed E-state index contributed by atoms with van der Waals surface area (Å²) in [7, 11) is 3.71. The number of rotatable bonds is 2. The summed E-state index contributed by atoms with van der Waals surface area (Å²) in [6, 6.07) is 4.13. The fourth-order valence-corrected chi connectivity index (χ4v) is 3.09. The van der Waals surface area contributed by atoms with Crippen LogP contribution in [0.4, 0.5) is 5.69 Å². The van der Waals surface area contributed by atoms with E-state index in [0.717, 1.165) is 30.7 Å². The van der Waals surface area contributed by atoms with Crippen LogP contribution in [-0.2, 0) is 13.5 Å². The number of aryl methyl sites for hydroxylation is 1. The van der Waals surface area contributed by atoms with Gasteiger partial charge in [0.25, 0.3) is 0 Å². The van der Waals surface area contributed by atoms with Gasteiger partial charge in [0, 0.05) is 24.9 Å². The van der Waals surface area contributed by atoms with E-state index in [2.05, 4.69) is 15.6 Å². The summed E-state index contributed by atoms with van der Waals surface area (Å²) in [6.45, 7) is 0. The Kier molecular flexibility index (Phi) is 2.93. The van der Waals surface area contributed by atoms with Crippen molar-refractivity contribution in [3.05, 3.63) is 41.5 Å². The molecule has 0 amide bonds. The maximum absolute atomic E-state index is 6.22. The summed E-state index contributed by atoms with van der Waals surface area (Å²) in [4.78, 5) is 4.23. The number of imidazole rings is 1. The van der Waals surface area contributed by atoms with E-state index in [1.807, 2.05) is 25.6 Å². The zero-order chi connectivity index (χ0) is 13.4. The molecule has 1 aliphatic rings. The highest BCUT2D eigenvalue weighted by Gasteiger charge is 2.26. The standard InChI is InChI=1S/C15H19N3O/c1-18-9-17-8-13(18)11-4-3-5-12-10(11)6-7-14(19-2)15(12)16/h6-9,11H,3-5,16H2,1-2H3. The van der Waals surface area contributed by atoms with Crippen LogP contribution in [0.2, 0.25) is 0 Å². The molecule has 0 bridgehead atoms. The topological polar surface area (TPSA) is 53.1 Å². The van der Waals surface area contributed by atoms with Gasteiger partial charge in [-0.1, -0.05) is 6.07 Å². The second-order valence-corrected chi connectivity index (χ2v) is 5.12. The molecular formula is C15H19N3O. The molecule has 1 aliphatic carbocycles. The smallest absolute Gasteiger partial charge is 0.142 e. The minimum Gasteiger partial charge on any atom is -0.495 e. The van der Waals surface area contributed by atoms with Gasteiger partial charge in [-0.05, 0) is 36.5 Å². The van der Waals surface area contributed by atoms with Crippen molar-refractivity contribution in [3.63, 3.8) is 0 Å². The van der Waals surface area contributed by atoms with E-state index in [0.29, 0.717) is 5.92 Å². The highest BCUT2D eigenvalue weighted by Crippen LogP contribution is 2.41. The van der Waals surface area contributed by atoms with Gasteiger partial charge in [-0.2, -0.15) is 0 Å². The van der Waals surface area contributed by atoms with Crippen LogP contribution in [0.25, 0.3) is 0 Å². The minimum absolute atomic E-state index is 0.393. The Bertz CT molecular complexity index is 603. The Morgan fingerprint density at radius 3 is 2.95 bits per heavy atom. The second kappa shape index (κ2) is 4.61. The lowest BCUT2D eigenvalue weighted by Crippen LogP contribution is -2.15. The number of nitrogens with two attached hydrogens (primary N) is 1. The number of anilines is 1. The van der Waals surface area contributed by atoms with Gasteiger partial charge in [0.1, 0.15) is 5.75 Å². The second-order valence-electron chi connectivity index (χ2n) is 5.12. The molecule has 1 unspecified atom stereocenters. The fourth-order valence-electron chi connectivity index (χ4n) is 3.09. The van der Waals surface area contributed by atoms with E-state index in [4.69, 9.17) is 10.5 Å². The first-order chi connectivity index (χ1) is 9.22.